The summed E-state index contributed by atoms with van der Waals surface area (Å²) in [5, 5.41) is 7.42. The van der Waals surface area contributed by atoms with Gasteiger partial charge in [-0.05, 0) is 26.7 Å². The summed E-state index contributed by atoms with van der Waals surface area (Å²) in [6, 6.07) is 0.745. The highest BCUT2D eigenvalue weighted by atomic mass is 15.3. The van der Waals surface area contributed by atoms with Gasteiger partial charge in [-0.3, -0.25) is 5.41 Å². The Morgan fingerprint density at radius 1 is 1.25 bits per heavy atom. The maximum Gasteiger partial charge on any atom is 0.188 e. The zero-order chi connectivity index (χ0) is 9.72. The van der Waals surface area contributed by atoms with Crippen LogP contribution in [-0.2, 0) is 0 Å². The van der Waals surface area contributed by atoms with Crippen molar-refractivity contribution in [3.8, 4) is 0 Å². The Morgan fingerprint density at radius 3 is 1.75 bits per heavy atom. The van der Waals surface area contributed by atoms with Crippen LogP contribution < -0.4 is 5.73 Å². The molecule has 0 aromatic heterocycles. The molecule has 3 N–H and O–H groups in total. The number of hydrogen-bond donors (Lipinski definition) is 2. The van der Waals surface area contributed by atoms with E-state index >= 15 is 0 Å². The Morgan fingerprint density at radius 2 is 1.58 bits per heavy atom. The number of hydrogen-bond acceptors (Lipinski definition) is 1. The summed E-state index contributed by atoms with van der Waals surface area (Å²) in [4.78, 5) is 1.97. The summed E-state index contributed by atoms with van der Waals surface area (Å²) in [6.07, 6.45) is 2.06. The normalized spacial score (nSPS) is 15.3. The van der Waals surface area contributed by atoms with Crippen LogP contribution in [0.1, 0.15) is 40.5 Å². The van der Waals surface area contributed by atoms with Crippen molar-refractivity contribution in [3.05, 3.63) is 0 Å². The topological polar surface area (TPSA) is 53.1 Å². The van der Waals surface area contributed by atoms with Gasteiger partial charge in [0.15, 0.2) is 5.96 Å². The van der Waals surface area contributed by atoms with E-state index in [1.165, 1.54) is 0 Å². The first-order chi connectivity index (χ1) is 5.54. The number of nitrogens with zero attached hydrogens (tertiary/aromatic N) is 1. The Balaban J connectivity index is 4.32. The van der Waals surface area contributed by atoms with E-state index in [1.807, 2.05) is 4.90 Å². The minimum Gasteiger partial charge on any atom is -0.370 e. The van der Waals surface area contributed by atoms with Crippen LogP contribution in [0.15, 0.2) is 0 Å². The van der Waals surface area contributed by atoms with Gasteiger partial charge in [0.25, 0.3) is 0 Å². The number of rotatable bonds is 4. The summed E-state index contributed by atoms with van der Waals surface area (Å²) in [7, 11) is 0. The predicted molar refractivity (Wildman–Crippen MR) is 53.3 cm³/mol. The molecule has 0 radical (unpaired) electrons. The van der Waals surface area contributed by atoms with E-state index in [1.54, 1.807) is 0 Å². The average molecular weight is 171 g/mol. The molecule has 0 amide bonds. The molecule has 0 aliphatic heterocycles. The summed E-state index contributed by atoms with van der Waals surface area (Å²) >= 11 is 0. The molecule has 0 aliphatic rings. The highest BCUT2D eigenvalue weighted by Gasteiger charge is 2.18. The van der Waals surface area contributed by atoms with Gasteiger partial charge in [0.1, 0.15) is 0 Å². The number of guanidine groups is 1. The first kappa shape index (κ1) is 11.3. The molecule has 3 heteroatoms. The summed E-state index contributed by atoms with van der Waals surface area (Å²) in [6.45, 7) is 8.44. The summed E-state index contributed by atoms with van der Waals surface area (Å²) < 4.78 is 0. The van der Waals surface area contributed by atoms with Crippen LogP contribution in [0, 0.1) is 5.41 Å². The minimum atomic E-state index is 0.193. The summed E-state index contributed by atoms with van der Waals surface area (Å²) in [5.74, 6) is 0.193. The number of nitrogens with one attached hydrogen (secondary N) is 1. The maximum absolute atomic E-state index is 7.42. The second kappa shape index (κ2) is 5.01. The minimum absolute atomic E-state index is 0.193. The number of nitrogens with two attached hydrogens (primary N) is 1. The molecule has 0 aromatic carbocycles. The highest BCUT2D eigenvalue weighted by Crippen LogP contribution is 2.10. The smallest absolute Gasteiger partial charge is 0.188 e. The molecule has 12 heavy (non-hydrogen) atoms. The molecule has 3 nitrogen and oxygen atoms in total. The van der Waals surface area contributed by atoms with E-state index in [0.29, 0.717) is 12.1 Å². The van der Waals surface area contributed by atoms with Crippen molar-refractivity contribution < 1.29 is 0 Å². The second-order valence-electron chi connectivity index (χ2n) is 3.31. The molecule has 0 saturated heterocycles. The first-order valence-corrected chi connectivity index (χ1v) is 4.66. The molecule has 72 valence electrons. The van der Waals surface area contributed by atoms with Crippen molar-refractivity contribution in [2.24, 2.45) is 5.73 Å². The molecule has 0 spiro atoms. The Kier molecular flexibility index (Phi) is 4.71. The third-order valence-corrected chi connectivity index (χ3v) is 2.41. The Labute approximate surface area is 75.4 Å². The molecule has 2 atom stereocenters. The third-order valence-electron chi connectivity index (χ3n) is 2.41. The lowest BCUT2D eigenvalue weighted by molar-refractivity contribution is 0.246. The predicted octanol–water partition coefficient (Wildman–Crippen LogP) is 1.78. The van der Waals surface area contributed by atoms with Gasteiger partial charge in [-0.15, -0.1) is 0 Å². The van der Waals surface area contributed by atoms with Crippen molar-refractivity contribution in [1.29, 1.82) is 5.41 Å². The summed E-state index contributed by atoms with van der Waals surface area (Å²) in [5.41, 5.74) is 5.50. The molecular weight excluding hydrogens is 150 g/mol. The zero-order valence-electron chi connectivity index (χ0n) is 8.59. The van der Waals surface area contributed by atoms with Gasteiger partial charge >= 0.3 is 0 Å². The lowest BCUT2D eigenvalue weighted by atomic mass is 10.1. The standard InChI is InChI=1S/C9H21N3/c1-5-7(3)12(9(10)11)8(4)6-2/h7-8H,5-6H2,1-4H3,(H3,10,11). The van der Waals surface area contributed by atoms with E-state index < -0.39 is 0 Å². The van der Waals surface area contributed by atoms with Gasteiger partial charge in [-0.1, -0.05) is 13.8 Å². The molecule has 0 aliphatic carbocycles. The van der Waals surface area contributed by atoms with Gasteiger partial charge < -0.3 is 10.6 Å². The largest absolute Gasteiger partial charge is 0.370 e. The van der Waals surface area contributed by atoms with Crippen molar-refractivity contribution in [2.75, 3.05) is 0 Å². The monoisotopic (exact) mass is 171 g/mol. The molecule has 0 saturated carbocycles. The van der Waals surface area contributed by atoms with Gasteiger partial charge in [-0.2, -0.15) is 0 Å². The lowest BCUT2D eigenvalue weighted by Gasteiger charge is -2.34. The van der Waals surface area contributed by atoms with Crippen molar-refractivity contribution in [1.82, 2.24) is 4.90 Å². The molecule has 0 rings (SSSR count). The van der Waals surface area contributed by atoms with E-state index in [0.717, 1.165) is 12.8 Å². The fourth-order valence-electron chi connectivity index (χ4n) is 1.30. The van der Waals surface area contributed by atoms with E-state index in [4.69, 9.17) is 11.1 Å². The van der Waals surface area contributed by atoms with Crippen LogP contribution in [0.25, 0.3) is 0 Å². The van der Waals surface area contributed by atoms with Crippen LogP contribution in [0.4, 0.5) is 0 Å². The zero-order valence-corrected chi connectivity index (χ0v) is 8.59. The van der Waals surface area contributed by atoms with Crippen LogP contribution in [0.5, 0.6) is 0 Å². The fraction of sp³-hybridized carbons (Fsp3) is 0.889. The van der Waals surface area contributed by atoms with Gasteiger partial charge in [0.05, 0.1) is 0 Å². The van der Waals surface area contributed by atoms with Crippen molar-refractivity contribution in [3.63, 3.8) is 0 Å². The van der Waals surface area contributed by atoms with E-state index in [9.17, 15) is 0 Å². The second-order valence-corrected chi connectivity index (χ2v) is 3.31. The molecule has 0 aromatic rings. The fourth-order valence-corrected chi connectivity index (χ4v) is 1.30. The van der Waals surface area contributed by atoms with Crippen molar-refractivity contribution >= 4 is 5.96 Å². The molecule has 2 unspecified atom stereocenters. The highest BCUT2D eigenvalue weighted by molar-refractivity contribution is 5.75. The first-order valence-electron chi connectivity index (χ1n) is 4.66. The van der Waals surface area contributed by atoms with Crippen LogP contribution >= 0.6 is 0 Å². The lowest BCUT2D eigenvalue weighted by Crippen LogP contribution is -2.47. The quantitative estimate of drug-likeness (QED) is 0.500. The average Bonchev–Trinajstić information content (AvgIpc) is 2.03. The van der Waals surface area contributed by atoms with Gasteiger partial charge in [0.2, 0.25) is 0 Å². The molecule has 0 bridgehead atoms. The Bertz CT molecular complexity index is 135. The van der Waals surface area contributed by atoms with E-state index in [2.05, 4.69) is 27.7 Å². The van der Waals surface area contributed by atoms with Crippen LogP contribution in [-0.4, -0.2) is 22.9 Å². The van der Waals surface area contributed by atoms with Gasteiger partial charge in [0, 0.05) is 12.1 Å². The molecular formula is C9H21N3. The SMILES string of the molecule is CCC(C)N(C(=N)N)C(C)CC. The van der Waals surface area contributed by atoms with Crippen molar-refractivity contribution in [2.45, 2.75) is 52.6 Å². The van der Waals surface area contributed by atoms with Crippen LogP contribution in [0.2, 0.25) is 0 Å². The molecule has 0 heterocycles. The van der Waals surface area contributed by atoms with E-state index in [-0.39, 0.29) is 5.96 Å². The van der Waals surface area contributed by atoms with Gasteiger partial charge in [-0.25, -0.2) is 0 Å². The maximum atomic E-state index is 7.42. The molecule has 0 fully saturated rings. The van der Waals surface area contributed by atoms with Crippen LogP contribution in [0.3, 0.4) is 0 Å². The Hall–Kier alpha value is -0.730. The third kappa shape index (κ3) is 2.72.